The summed E-state index contributed by atoms with van der Waals surface area (Å²) in [6, 6.07) is 18.4. The molecule has 0 atom stereocenters. The number of nitrogens with zero attached hydrogens (tertiary/aromatic N) is 2. The van der Waals surface area contributed by atoms with Crippen LogP contribution in [0.4, 0.5) is 0 Å². The topological polar surface area (TPSA) is 52.1 Å². The highest BCUT2D eigenvalue weighted by Crippen LogP contribution is 2.32. The van der Waals surface area contributed by atoms with Gasteiger partial charge in [-0.1, -0.05) is 18.2 Å². The fraction of sp³-hybridized carbons (Fsp3) is 0.150. The summed E-state index contributed by atoms with van der Waals surface area (Å²) in [5.41, 5.74) is 4.16. The Bertz CT molecular complexity index is 1040. The zero-order chi connectivity index (χ0) is 17.9. The molecule has 0 radical (unpaired) electrons. The fourth-order valence-corrected chi connectivity index (χ4v) is 3.77. The maximum atomic E-state index is 5.37. The van der Waals surface area contributed by atoms with Gasteiger partial charge < -0.3 is 9.47 Å². The van der Waals surface area contributed by atoms with E-state index in [1.165, 1.54) is 10.9 Å². The third-order valence-corrected chi connectivity index (χ3v) is 5.27. The summed E-state index contributed by atoms with van der Waals surface area (Å²) in [6.07, 6.45) is 2.10. The van der Waals surface area contributed by atoms with Crippen molar-refractivity contribution in [2.45, 2.75) is 5.75 Å². The lowest BCUT2D eigenvalue weighted by molar-refractivity contribution is 0.355. The van der Waals surface area contributed by atoms with Gasteiger partial charge in [0, 0.05) is 22.8 Å². The molecule has 0 saturated carbocycles. The molecule has 2 heterocycles. The van der Waals surface area contributed by atoms with Gasteiger partial charge in [-0.15, -0.1) is 0 Å². The van der Waals surface area contributed by atoms with E-state index in [0.29, 0.717) is 11.5 Å². The molecule has 0 aliphatic carbocycles. The van der Waals surface area contributed by atoms with Crippen LogP contribution in [0.15, 0.2) is 60.8 Å². The van der Waals surface area contributed by atoms with Crippen LogP contribution in [0.25, 0.3) is 22.2 Å². The summed E-state index contributed by atoms with van der Waals surface area (Å²) in [5, 5.41) is 8.81. The standard InChI is InChI=1S/C20H19N3O2S/c1-24-19-8-7-15(11-20(19)25-2)17-12-16(21-22-17)13-26-23-10-9-14-5-3-4-6-18(14)23/h3-12H,13H2,1-2H3,(H,21,22). The van der Waals surface area contributed by atoms with Gasteiger partial charge in [0.25, 0.3) is 0 Å². The molecule has 5 nitrogen and oxygen atoms in total. The predicted octanol–water partition coefficient (Wildman–Crippen LogP) is 4.75. The Morgan fingerprint density at radius 3 is 2.69 bits per heavy atom. The van der Waals surface area contributed by atoms with Crippen molar-refractivity contribution in [3.05, 3.63) is 66.5 Å². The summed E-state index contributed by atoms with van der Waals surface area (Å²) in [6.45, 7) is 0. The summed E-state index contributed by atoms with van der Waals surface area (Å²) < 4.78 is 12.8. The van der Waals surface area contributed by atoms with E-state index in [0.717, 1.165) is 22.7 Å². The molecule has 0 saturated heterocycles. The largest absolute Gasteiger partial charge is 0.493 e. The first-order valence-corrected chi connectivity index (χ1v) is 9.19. The van der Waals surface area contributed by atoms with Crippen molar-refractivity contribution in [2.75, 3.05) is 14.2 Å². The number of hydrogen-bond donors (Lipinski definition) is 1. The summed E-state index contributed by atoms with van der Waals surface area (Å²) in [5.74, 6) is 2.21. The molecule has 0 bridgehead atoms. The maximum absolute atomic E-state index is 5.37. The van der Waals surface area contributed by atoms with E-state index in [2.05, 4.69) is 56.8 Å². The van der Waals surface area contributed by atoms with E-state index in [4.69, 9.17) is 9.47 Å². The SMILES string of the molecule is COc1ccc(-c2cc(CSn3ccc4ccccc43)[nH]n2)cc1OC. The zero-order valence-electron chi connectivity index (χ0n) is 14.6. The van der Waals surface area contributed by atoms with Gasteiger partial charge in [-0.05, 0) is 48.3 Å². The zero-order valence-corrected chi connectivity index (χ0v) is 15.4. The number of fused-ring (bicyclic) bond motifs is 1. The van der Waals surface area contributed by atoms with Crippen molar-refractivity contribution in [2.24, 2.45) is 0 Å². The van der Waals surface area contributed by atoms with Crippen molar-refractivity contribution < 1.29 is 9.47 Å². The molecular formula is C20H19N3O2S. The second kappa shape index (κ2) is 7.17. The maximum Gasteiger partial charge on any atom is 0.161 e. The summed E-state index contributed by atoms with van der Waals surface area (Å²) >= 11 is 1.73. The van der Waals surface area contributed by atoms with Gasteiger partial charge in [0.15, 0.2) is 11.5 Å². The molecule has 0 amide bonds. The first-order chi connectivity index (χ1) is 12.8. The number of aromatic nitrogens is 3. The first-order valence-electron chi connectivity index (χ1n) is 8.24. The monoisotopic (exact) mass is 365 g/mol. The van der Waals surface area contributed by atoms with E-state index >= 15 is 0 Å². The minimum Gasteiger partial charge on any atom is -0.493 e. The van der Waals surface area contributed by atoms with Crippen LogP contribution in [0, 0.1) is 0 Å². The predicted molar refractivity (Wildman–Crippen MR) is 106 cm³/mol. The highest BCUT2D eigenvalue weighted by Gasteiger charge is 2.10. The van der Waals surface area contributed by atoms with Gasteiger partial charge in [0.1, 0.15) is 0 Å². The molecule has 0 unspecified atom stereocenters. The van der Waals surface area contributed by atoms with Crippen LogP contribution in [0.2, 0.25) is 0 Å². The van der Waals surface area contributed by atoms with Crippen LogP contribution in [-0.2, 0) is 5.75 Å². The average molecular weight is 365 g/mol. The lowest BCUT2D eigenvalue weighted by atomic mass is 10.1. The fourth-order valence-electron chi connectivity index (χ4n) is 2.89. The number of methoxy groups -OCH3 is 2. The van der Waals surface area contributed by atoms with E-state index in [9.17, 15) is 0 Å². The molecule has 4 aromatic rings. The third-order valence-electron chi connectivity index (χ3n) is 4.23. The van der Waals surface area contributed by atoms with Gasteiger partial charge >= 0.3 is 0 Å². The summed E-state index contributed by atoms with van der Waals surface area (Å²) in [7, 11) is 3.27. The molecule has 0 fully saturated rings. The molecule has 1 N–H and O–H groups in total. The number of ether oxygens (including phenoxy) is 2. The molecule has 4 rings (SSSR count). The van der Waals surface area contributed by atoms with Gasteiger partial charge in [-0.2, -0.15) is 5.10 Å². The van der Waals surface area contributed by atoms with Crippen LogP contribution < -0.4 is 9.47 Å². The Morgan fingerprint density at radius 1 is 1.00 bits per heavy atom. The number of aromatic amines is 1. The molecule has 132 valence electrons. The third kappa shape index (κ3) is 3.15. The number of hydrogen-bond acceptors (Lipinski definition) is 4. The second-order valence-corrected chi connectivity index (χ2v) is 6.76. The van der Waals surface area contributed by atoms with E-state index in [1.807, 2.05) is 18.2 Å². The van der Waals surface area contributed by atoms with Crippen molar-refractivity contribution in [1.29, 1.82) is 0 Å². The Balaban J connectivity index is 1.51. The molecule has 0 spiro atoms. The minimum atomic E-state index is 0.697. The lowest BCUT2D eigenvalue weighted by Crippen LogP contribution is -1.90. The minimum absolute atomic E-state index is 0.697. The molecular weight excluding hydrogens is 346 g/mol. The van der Waals surface area contributed by atoms with Crippen LogP contribution in [-0.4, -0.2) is 28.4 Å². The Labute approximate surface area is 156 Å². The normalized spacial score (nSPS) is 11.0. The molecule has 0 aliphatic rings. The van der Waals surface area contributed by atoms with Crippen molar-refractivity contribution in [1.82, 2.24) is 14.2 Å². The highest BCUT2D eigenvalue weighted by atomic mass is 32.2. The summed E-state index contributed by atoms with van der Waals surface area (Å²) in [4.78, 5) is 0. The Morgan fingerprint density at radius 2 is 1.85 bits per heavy atom. The van der Waals surface area contributed by atoms with Gasteiger partial charge in [-0.25, -0.2) is 0 Å². The molecule has 26 heavy (non-hydrogen) atoms. The second-order valence-electron chi connectivity index (χ2n) is 5.82. The number of nitrogens with one attached hydrogen (secondary N) is 1. The first kappa shape index (κ1) is 16.6. The number of rotatable bonds is 6. The Kier molecular flexibility index (Phi) is 4.58. The smallest absolute Gasteiger partial charge is 0.161 e. The Hall–Kier alpha value is -2.86. The number of H-pyrrole nitrogens is 1. The van der Waals surface area contributed by atoms with Gasteiger partial charge in [0.05, 0.1) is 31.2 Å². The van der Waals surface area contributed by atoms with E-state index in [1.54, 1.807) is 26.2 Å². The number of benzene rings is 2. The van der Waals surface area contributed by atoms with Crippen molar-refractivity contribution in [3.8, 4) is 22.8 Å². The molecule has 0 aliphatic heterocycles. The van der Waals surface area contributed by atoms with Crippen LogP contribution in [0.5, 0.6) is 11.5 Å². The van der Waals surface area contributed by atoms with Crippen molar-refractivity contribution >= 4 is 22.9 Å². The average Bonchev–Trinajstić information content (AvgIpc) is 3.33. The van der Waals surface area contributed by atoms with Gasteiger partial charge in [-0.3, -0.25) is 9.07 Å². The van der Waals surface area contributed by atoms with Crippen molar-refractivity contribution in [3.63, 3.8) is 0 Å². The van der Waals surface area contributed by atoms with E-state index in [-0.39, 0.29) is 0 Å². The highest BCUT2D eigenvalue weighted by molar-refractivity contribution is 7.97. The lowest BCUT2D eigenvalue weighted by Gasteiger charge is -2.08. The van der Waals surface area contributed by atoms with Crippen LogP contribution in [0.3, 0.4) is 0 Å². The molecule has 6 heteroatoms. The molecule has 2 aromatic carbocycles. The van der Waals surface area contributed by atoms with Crippen LogP contribution >= 0.6 is 11.9 Å². The van der Waals surface area contributed by atoms with E-state index < -0.39 is 0 Å². The van der Waals surface area contributed by atoms with Crippen LogP contribution in [0.1, 0.15) is 5.69 Å². The van der Waals surface area contributed by atoms with Gasteiger partial charge in [0.2, 0.25) is 0 Å². The number of para-hydroxylation sites is 1. The quantitative estimate of drug-likeness (QED) is 0.536. The molecule has 2 aromatic heterocycles.